The highest BCUT2D eigenvalue weighted by molar-refractivity contribution is 6.05. The van der Waals surface area contributed by atoms with Crippen LogP contribution in [-0.2, 0) is 16.1 Å². The van der Waals surface area contributed by atoms with Gasteiger partial charge in [0.15, 0.2) is 0 Å². The Morgan fingerprint density at radius 3 is 2.81 bits per heavy atom. The molecule has 2 aliphatic heterocycles. The van der Waals surface area contributed by atoms with Crippen molar-refractivity contribution in [3.05, 3.63) is 69.1 Å². The topological polar surface area (TPSA) is 88.8 Å². The number of ether oxygens (including phenoxy) is 1. The fourth-order valence-electron chi connectivity index (χ4n) is 4.39. The van der Waals surface area contributed by atoms with Crippen LogP contribution in [0.2, 0.25) is 0 Å². The van der Waals surface area contributed by atoms with Crippen LogP contribution in [-0.4, -0.2) is 24.5 Å². The predicted molar refractivity (Wildman–Crippen MR) is 117 cm³/mol. The van der Waals surface area contributed by atoms with Crippen molar-refractivity contribution in [3.63, 3.8) is 0 Å². The molecule has 1 aromatic heterocycles. The van der Waals surface area contributed by atoms with Crippen molar-refractivity contribution < 1.29 is 18.7 Å². The number of carbonyl (C=O) groups is 2. The molecule has 31 heavy (non-hydrogen) atoms. The highest BCUT2D eigenvalue weighted by Crippen LogP contribution is 2.37. The third kappa shape index (κ3) is 3.36. The molecule has 1 N–H and O–H groups in total. The minimum atomic E-state index is -0.522. The van der Waals surface area contributed by atoms with Gasteiger partial charge >= 0.3 is 11.6 Å². The van der Waals surface area contributed by atoms with E-state index in [-0.39, 0.29) is 18.6 Å². The Hall–Kier alpha value is -3.61. The number of fused-ring (bicyclic) bond motifs is 4. The first-order chi connectivity index (χ1) is 14.9. The molecule has 7 nitrogen and oxygen atoms in total. The summed E-state index contributed by atoms with van der Waals surface area (Å²) in [5, 5.41) is 3.65. The number of aryl methyl sites for hydroxylation is 2. The molecular formula is C24H22N2O5. The second-order valence-electron chi connectivity index (χ2n) is 8.17. The number of carbonyl (C=O) groups excluding carboxylic acids is 2. The zero-order valence-electron chi connectivity index (χ0n) is 17.4. The summed E-state index contributed by atoms with van der Waals surface area (Å²) in [4.78, 5) is 39.1. The number of nitrogens with one attached hydrogen (secondary N) is 1. The first kappa shape index (κ1) is 19.4. The Kier molecular flexibility index (Phi) is 4.54. The fourth-order valence-corrected chi connectivity index (χ4v) is 4.39. The van der Waals surface area contributed by atoms with E-state index in [1.54, 1.807) is 12.1 Å². The van der Waals surface area contributed by atoms with Gasteiger partial charge in [0.25, 0.3) is 0 Å². The maximum absolute atomic E-state index is 12.7. The van der Waals surface area contributed by atoms with Gasteiger partial charge in [0.2, 0.25) is 5.91 Å². The van der Waals surface area contributed by atoms with Gasteiger partial charge in [-0.25, -0.2) is 9.59 Å². The van der Waals surface area contributed by atoms with E-state index in [4.69, 9.17) is 9.15 Å². The van der Waals surface area contributed by atoms with Gasteiger partial charge in [-0.1, -0.05) is 0 Å². The van der Waals surface area contributed by atoms with Gasteiger partial charge in [-0.3, -0.25) is 4.79 Å². The standard InChI is InChI=1S/C24H22N2O5/c1-13-8-17-16(11-22(27)31-21(17)9-14(13)2)12-30-24(29)15-5-6-19-18(10-15)25-23(28)20-4-3-7-26(19)20/h5-6,8-11,20H,3-4,7,12H2,1-2H3,(H,25,28)/t20-/m0/s1. The van der Waals surface area contributed by atoms with Crippen LogP contribution in [0.1, 0.15) is 39.9 Å². The monoisotopic (exact) mass is 418 g/mol. The first-order valence-electron chi connectivity index (χ1n) is 10.3. The van der Waals surface area contributed by atoms with Gasteiger partial charge < -0.3 is 19.4 Å². The van der Waals surface area contributed by atoms with Crippen molar-refractivity contribution in [1.29, 1.82) is 0 Å². The number of anilines is 2. The van der Waals surface area contributed by atoms with Gasteiger partial charge in [-0.05, 0) is 68.1 Å². The molecule has 0 bridgehead atoms. The zero-order chi connectivity index (χ0) is 21.7. The summed E-state index contributed by atoms with van der Waals surface area (Å²) in [6.07, 6.45) is 1.81. The molecule has 1 atom stereocenters. The van der Waals surface area contributed by atoms with E-state index in [0.29, 0.717) is 22.4 Å². The van der Waals surface area contributed by atoms with Crippen molar-refractivity contribution >= 4 is 34.2 Å². The third-order valence-electron chi connectivity index (χ3n) is 6.16. The van der Waals surface area contributed by atoms with Crippen LogP contribution in [0.4, 0.5) is 11.4 Å². The molecule has 7 heteroatoms. The molecule has 3 heterocycles. The number of rotatable bonds is 3. The normalized spacial score (nSPS) is 17.3. The van der Waals surface area contributed by atoms with Crippen molar-refractivity contribution in [2.24, 2.45) is 0 Å². The molecule has 0 aliphatic carbocycles. The number of amides is 1. The summed E-state index contributed by atoms with van der Waals surface area (Å²) < 4.78 is 10.8. The molecule has 2 aromatic carbocycles. The second-order valence-corrected chi connectivity index (χ2v) is 8.17. The van der Waals surface area contributed by atoms with E-state index in [2.05, 4.69) is 10.2 Å². The molecule has 5 rings (SSSR count). The van der Waals surface area contributed by atoms with E-state index < -0.39 is 11.6 Å². The van der Waals surface area contributed by atoms with Crippen molar-refractivity contribution in [2.45, 2.75) is 39.3 Å². The summed E-state index contributed by atoms with van der Waals surface area (Å²) in [5.74, 6) is -0.561. The predicted octanol–water partition coefficient (Wildman–Crippen LogP) is 3.69. The minimum absolute atomic E-state index is 0.0383. The number of esters is 1. The number of hydrogen-bond donors (Lipinski definition) is 1. The lowest BCUT2D eigenvalue weighted by molar-refractivity contribution is -0.117. The largest absolute Gasteiger partial charge is 0.457 e. The van der Waals surface area contributed by atoms with Crippen molar-refractivity contribution in [3.8, 4) is 0 Å². The van der Waals surface area contributed by atoms with Crippen molar-refractivity contribution in [2.75, 3.05) is 16.8 Å². The maximum atomic E-state index is 12.7. The highest BCUT2D eigenvalue weighted by atomic mass is 16.5. The van der Waals surface area contributed by atoms with Gasteiger partial charge in [-0.2, -0.15) is 0 Å². The van der Waals surface area contributed by atoms with Gasteiger partial charge in [0.05, 0.1) is 16.9 Å². The third-order valence-corrected chi connectivity index (χ3v) is 6.16. The quantitative estimate of drug-likeness (QED) is 0.516. The Labute approximate surface area is 178 Å². The Balaban J connectivity index is 1.39. The maximum Gasteiger partial charge on any atom is 0.338 e. The van der Waals surface area contributed by atoms with Crippen LogP contribution in [0.15, 0.2) is 45.6 Å². The summed E-state index contributed by atoms with van der Waals surface area (Å²) in [6, 6.07) is 10.2. The second kappa shape index (κ2) is 7.27. The van der Waals surface area contributed by atoms with E-state index in [9.17, 15) is 14.4 Å². The van der Waals surface area contributed by atoms with Crippen LogP contribution in [0.3, 0.4) is 0 Å². The summed E-state index contributed by atoms with van der Waals surface area (Å²) in [5.41, 5.74) is 4.54. The molecule has 0 unspecified atom stereocenters. The molecule has 0 spiro atoms. The molecule has 0 radical (unpaired) electrons. The Morgan fingerprint density at radius 2 is 1.97 bits per heavy atom. The lowest BCUT2D eigenvalue weighted by Gasteiger charge is -2.33. The van der Waals surface area contributed by atoms with E-state index >= 15 is 0 Å². The summed E-state index contributed by atoms with van der Waals surface area (Å²) in [6.45, 7) is 4.70. The molecule has 1 amide bonds. The molecule has 3 aromatic rings. The van der Waals surface area contributed by atoms with Crippen LogP contribution in [0.25, 0.3) is 11.0 Å². The lowest BCUT2D eigenvalue weighted by atomic mass is 10.0. The SMILES string of the molecule is Cc1cc2oc(=O)cc(COC(=O)c3ccc4c(c3)NC(=O)[C@@H]3CCCN43)c2cc1C. The highest BCUT2D eigenvalue weighted by Gasteiger charge is 2.36. The summed E-state index contributed by atoms with van der Waals surface area (Å²) >= 11 is 0. The lowest BCUT2D eigenvalue weighted by Crippen LogP contribution is -2.43. The fraction of sp³-hybridized carbons (Fsp3) is 0.292. The van der Waals surface area contributed by atoms with E-state index in [1.807, 2.05) is 32.0 Å². The molecule has 2 aliphatic rings. The number of benzene rings is 2. The number of nitrogens with zero attached hydrogens (tertiary/aromatic N) is 1. The zero-order valence-corrected chi connectivity index (χ0v) is 17.4. The Morgan fingerprint density at radius 1 is 1.16 bits per heavy atom. The molecule has 1 saturated heterocycles. The van der Waals surface area contributed by atoms with Crippen LogP contribution < -0.4 is 15.8 Å². The molecular weight excluding hydrogens is 396 g/mol. The average molecular weight is 418 g/mol. The number of hydrogen-bond acceptors (Lipinski definition) is 6. The van der Waals surface area contributed by atoms with Crippen LogP contribution >= 0.6 is 0 Å². The van der Waals surface area contributed by atoms with E-state index in [1.165, 1.54) is 6.07 Å². The van der Waals surface area contributed by atoms with Crippen LogP contribution in [0, 0.1) is 13.8 Å². The van der Waals surface area contributed by atoms with Gasteiger partial charge in [-0.15, -0.1) is 0 Å². The van der Waals surface area contributed by atoms with E-state index in [0.717, 1.165) is 41.6 Å². The van der Waals surface area contributed by atoms with Gasteiger partial charge in [0.1, 0.15) is 18.2 Å². The Bertz CT molecular complexity index is 1290. The molecule has 0 saturated carbocycles. The smallest absolute Gasteiger partial charge is 0.338 e. The van der Waals surface area contributed by atoms with Crippen molar-refractivity contribution in [1.82, 2.24) is 0 Å². The molecule has 1 fully saturated rings. The first-order valence-corrected chi connectivity index (χ1v) is 10.3. The van der Waals surface area contributed by atoms with Crippen LogP contribution in [0.5, 0.6) is 0 Å². The summed E-state index contributed by atoms with van der Waals surface area (Å²) in [7, 11) is 0. The van der Waals surface area contributed by atoms with Gasteiger partial charge in [0, 0.05) is 23.6 Å². The average Bonchev–Trinajstić information content (AvgIpc) is 3.23. The minimum Gasteiger partial charge on any atom is -0.457 e. The molecule has 158 valence electrons.